The third kappa shape index (κ3) is 4.51. The number of hydrogen-bond donors (Lipinski definition) is 1. The summed E-state index contributed by atoms with van der Waals surface area (Å²) in [5.41, 5.74) is 10.4. The van der Waals surface area contributed by atoms with Gasteiger partial charge < -0.3 is 5.32 Å². The molecule has 1 aromatic carbocycles. The number of allylic oxidation sites excluding steroid dienone is 4. The van der Waals surface area contributed by atoms with Gasteiger partial charge >= 0.3 is 0 Å². The molecule has 0 saturated carbocycles. The van der Waals surface area contributed by atoms with Crippen LogP contribution in [0.2, 0.25) is 0 Å². The van der Waals surface area contributed by atoms with Crippen molar-refractivity contribution in [3.63, 3.8) is 0 Å². The number of hydrazone groups is 1. The number of benzene rings is 1. The Morgan fingerprint density at radius 3 is 2.76 bits per heavy atom. The molecule has 1 aromatic rings. The van der Waals surface area contributed by atoms with E-state index in [0.29, 0.717) is 23.6 Å². The number of nitrogens with one attached hydrogen (secondary N) is 1. The smallest absolute Gasteiger partial charge is 0.131 e. The molecule has 2 fully saturated rings. The summed E-state index contributed by atoms with van der Waals surface area (Å²) in [5.74, 6) is 0.130. The fourth-order valence-corrected chi connectivity index (χ4v) is 5.57. The Balaban J connectivity index is 1.47. The zero-order chi connectivity index (χ0) is 23.8. The highest BCUT2D eigenvalue weighted by atomic mass is 19.1. The van der Waals surface area contributed by atoms with Crippen LogP contribution in [0, 0.1) is 18.7 Å². The van der Waals surface area contributed by atoms with Crippen molar-refractivity contribution in [2.75, 3.05) is 0 Å². The lowest BCUT2D eigenvalue weighted by atomic mass is 9.87. The molecule has 2 bridgehead atoms. The third-order valence-corrected chi connectivity index (χ3v) is 7.32. The van der Waals surface area contributed by atoms with E-state index in [1.165, 1.54) is 19.3 Å². The van der Waals surface area contributed by atoms with Crippen LogP contribution in [0.1, 0.15) is 69.6 Å². The molecule has 4 nitrogen and oxygen atoms in total. The van der Waals surface area contributed by atoms with Crippen LogP contribution in [-0.4, -0.2) is 29.0 Å². The lowest BCUT2D eigenvalue weighted by Crippen LogP contribution is -2.27. The van der Waals surface area contributed by atoms with Crippen molar-refractivity contribution in [1.29, 1.82) is 0 Å². The van der Waals surface area contributed by atoms with Gasteiger partial charge in [0.05, 0.1) is 5.71 Å². The van der Waals surface area contributed by atoms with Crippen LogP contribution in [0.25, 0.3) is 6.08 Å². The third-order valence-electron chi connectivity index (χ3n) is 7.32. The van der Waals surface area contributed by atoms with E-state index >= 15 is 4.39 Å². The first-order valence-electron chi connectivity index (χ1n) is 12.4. The average molecular weight is 457 g/mol. The summed E-state index contributed by atoms with van der Waals surface area (Å²) < 4.78 is 15.5. The zero-order valence-corrected chi connectivity index (χ0v) is 20.5. The first-order chi connectivity index (χ1) is 16.4. The van der Waals surface area contributed by atoms with E-state index in [-0.39, 0.29) is 5.82 Å². The molecule has 2 unspecified atom stereocenters. The van der Waals surface area contributed by atoms with Gasteiger partial charge in [0, 0.05) is 47.2 Å². The second-order valence-electron chi connectivity index (χ2n) is 9.96. The predicted molar refractivity (Wildman–Crippen MR) is 138 cm³/mol. The van der Waals surface area contributed by atoms with Crippen molar-refractivity contribution in [1.82, 2.24) is 10.3 Å². The van der Waals surface area contributed by atoms with Crippen LogP contribution < -0.4 is 5.32 Å². The van der Waals surface area contributed by atoms with Gasteiger partial charge in [-0.3, -0.25) is 4.99 Å². The van der Waals surface area contributed by atoms with Crippen molar-refractivity contribution in [2.45, 2.75) is 71.9 Å². The molecule has 3 atom stereocenters. The molecular weight excluding hydrogens is 423 g/mol. The van der Waals surface area contributed by atoms with Gasteiger partial charge in [-0.2, -0.15) is 5.10 Å². The molecule has 0 aromatic heterocycles. The molecule has 4 heterocycles. The second kappa shape index (κ2) is 9.32. The van der Waals surface area contributed by atoms with Gasteiger partial charge in [-0.15, -0.1) is 0 Å². The van der Waals surface area contributed by atoms with Gasteiger partial charge in [-0.05, 0) is 107 Å². The molecule has 4 aliphatic rings. The van der Waals surface area contributed by atoms with Gasteiger partial charge in [0.25, 0.3) is 0 Å². The highest BCUT2D eigenvalue weighted by Gasteiger charge is 2.32. The number of nitrogens with zero attached hydrogens (tertiary/aromatic N) is 3. The topological polar surface area (TPSA) is 40.0 Å². The molecule has 0 spiro atoms. The van der Waals surface area contributed by atoms with Gasteiger partial charge in [0.15, 0.2) is 0 Å². The lowest BCUT2D eigenvalue weighted by molar-refractivity contribution is 0.451. The number of halogens is 1. The maximum atomic E-state index is 15.5. The SMILES string of the molecule is CC=N/C(=C\c1c(C)cc(C2=NN3C=C(C)C=C=C3C(C)=C2)cc1F)C1CC[C@@H]2CCC(C1)N2. The summed E-state index contributed by atoms with van der Waals surface area (Å²) in [6.45, 7) is 7.96. The quantitative estimate of drug-likeness (QED) is 0.420. The van der Waals surface area contributed by atoms with Crippen LogP contribution in [0.3, 0.4) is 0 Å². The summed E-state index contributed by atoms with van der Waals surface area (Å²) >= 11 is 0. The Labute approximate surface area is 202 Å². The molecular formula is C29H33FN4. The Hall–Kier alpha value is -3.01. The molecule has 5 heteroatoms. The van der Waals surface area contributed by atoms with E-state index < -0.39 is 0 Å². The van der Waals surface area contributed by atoms with Gasteiger partial charge in [-0.1, -0.05) is 5.73 Å². The Bertz CT molecular complexity index is 1200. The van der Waals surface area contributed by atoms with Crippen molar-refractivity contribution >= 4 is 18.0 Å². The lowest BCUT2D eigenvalue weighted by Gasteiger charge is -2.25. The van der Waals surface area contributed by atoms with Crippen LogP contribution in [-0.2, 0) is 0 Å². The minimum absolute atomic E-state index is 0.229. The molecule has 4 aliphatic heterocycles. The molecule has 5 rings (SSSR count). The van der Waals surface area contributed by atoms with E-state index in [1.54, 1.807) is 6.07 Å². The molecule has 1 N–H and O–H groups in total. The van der Waals surface area contributed by atoms with Gasteiger partial charge in [0.2, 0.25) is 0 Å². The maximum Gasteiger partial charge on any atom is 0.131 e. The summed E-state index contributed by atoms with van der Waals surface area (Å²) in [7, 11) is 0. The first kappa shape index (κ1) is 22.8. The van der Waals surface area contributed by atoms with E-state index in [2.05, 4.69) is 11.0 Å². The van der Waals surface area contributed by atoms with E-state index in [1.807, 2.05) is 69.4 Å². The standard InChI is InChI=1S/C29H33FN4/c1-5-31-27(21-7-8-23-9-10-24(14-21)32-23)16-25-19(3)12-22(15-26(25)30)28-13-20(4)29-11-6-18(2)17-34(29)33-28/h5-6,12-13,15-17,21,23-24,32H,7-10,14H2,1-4H3/b27-16-,31-5?/t21?,23-,24?/m1/s1. The fourth-order valence-electron chi connectivity index (χ4n) is 5.57. The number of aryl methyl sites for hydroxylation is 1. The predicted octanol–water partition coefficient (Wildman–Crippen LogP) is 6.41. The normalized spacial score (nSPS) is 26.7. The number of aliphatic imine (C=N–C) groups is 1. The minimum atomic E-state index is -0.229. The van der Waals surface area contributed by atoms with Crippen molar-refractivity contribution in [3.05, 3.63) is 81.3 Å². The highest BCUT2D eigenvalue weighted by Crippen LogP contribution is 2.35. The van der Waals surface area contributed by atoms with Gasteiger partial charge in [-0.25, -0.2) is 9.40 Å². The van der Waals surface area contributed by atoms with Crippen molar-refractivity contribution < 1.29 is 4.39 Å². The van der Waals surface area contributed by atoms with Crippen LogP contribution in [0.4, 0.5) is 4.39 Å². The average Bonchev–Trinajstić information content (AvgIpc) is 3.13. The largest absolute Gasteiger partial charge is 0.311 e. The van der Waals surface area contributed by atoms with Crippen molar-refractivity contribution in [3.8, 4) is 0 Å². The Kier molecular flexibility index (Phi) is 6.24. The van der Waals surface area contributed by atoms with E-state index in [9.17, 15) is 0 Å². The molecule has 2 saturated heterocycles. The summed E-state index contributed by atoms with van der Waals surface area (Å²) in [4.78, 5) is 4.71. The monoisotopic (exact) mass is 456 g/mol. The minimum Gasteiger partial charge on any atom is -0.311 e. The summed E-state index contributed by atoms with van der Waals surface area (Å²) in [6, 6.07) is 4.83. The number of hydrogen-bond acceptors (Lipinski definition) is 4. The Morgan fingerprint density at radius 1 is 1.18 bits per heavy atom. The summed E-state index contributed by atoms with van der Waals surface area (Å²) in [6.07, 6.45) is 15.6. The second-order valence-corrected chi connectivity index (χ2v) is 9.96. The molecule has 0 aliphatic carbocycles. The highest BCUT2D eigenvalue weighted by molar-refractivity contribution is 6.10. The van der Waals surface area contributed by atoms with Gasteiger partial charge in [0.1, 0.15) is 11.5 Å². The molecule has 176 valence electrons. The van der Waals surface area contributed by atoms with E-state index in [4.69, 9.17) is 10.1 Å². The molecule has 34 heavy (non-hydrogen) atoms. The first-order valence-corrected chi connectivity index (χ1v) is 12.4. The maximum absolute atomic E-state index is 15.5. The van der Waals surface area contributed by atoms with Crippen LogP contribution in [0.15, 0.2) is 68.9 Å². The fraction of sp³-hybridized carbons (Fsp3) is 0.414. The van der Waals surface area contributed by atoms with Crippen LogP contribution >= 0.6 is 0 Å². The zero-order valence-electron chi connectivity index (χ0n) is 20.5. The summed E-state index contributed by atoms with van der Waals surface area (Å²) in [5, 5.41) is 10.3. The molecule has 0 radical (unpaired) electrons. The van der Waals surface area contributed by atoms with E-state index in [0.717, 1.165) is 52.2 Å². The number of rotatable bonds is 4. The molecule has 0 amide bonds. The Morgan fingerprint density at radius 2 is 1.97 bits per heavy atom. The number of fused-ring (bicyclic) bond motifs is 3. The van der Waals surface area contributed by atoms with Crippen molar-refractivity contribution in [2.24, 2.45) is 16.0 Å². The van der Waals surface area contributed by atoms with Crippen LogP contribution in [0.5, 0.6) is 0 Å².